The van der Waals surface area contributed by atoms with Gasteiger partial charge in [-0.15, -0.1) is 10.2 Å². The maximum absolute atomic E-state index is 12.5. The molecule has 0 saturated heterocycles. The third kappa shape index (κ3) is 6.02. The number of aromatic nitrogens is 3. The fourth-order valence-electron chi connectivity index (χ4n) is 2.70. The number of amides is 1. The van der Waals surface area contributed by atoms with Crippen LogP contribution in [0.15, 0.2) is 53.7 Å². The topological polar surface area (TPSA) is 95.3 Å². The summed E-state index contributed by atoms with van der Waals surface area (Å²) >= 11 is 7.41. The Bertz CT molecular complexity index is 1090. The van der Waals surface area contributed by atoms with Crippen LogP contribution in [0, 0.1) is 0 Å². The predicted molar refractivity (Wildman–Crippen MR) is 122 cm³/mol. The van der Waals surface area contributed by atoms with E-state index in [1.54, 1.807) is 47.9 Å². The highest BCUT2D eigenvalue weighted by molar-refractivity contribution is 8.00. The SMILES string of the molecule is COC(=O)c1ccc(CNC(=O)C(C)Sc2nnc(COc3ccccc3Cl)n2C)cc1. The molecule has 32 heavy (non-hydrogen) atoms. The Balaban J connectivity index is 1.51. The first-order chi connectivity index (χ1) is 15.4. The molecule has 0 spiro atoms. The average Bonchev–Trinajstić information content (AvgIpc) is 3.15. The van der Waals surface area contributed by atoms with Crippen LogP contribution in [0.25, 0.3) is 0 Å². The molecule has 1 amide bonds. The summed E-state index contributed by atoms with van der Waals surface area (Å²) < 4.78 is 12.2. The van der Waals surface area contributed by atoms with Crippen LogP contribution in [0.4, 0.5) is 0 Å². The number of rotatable bonds is 9. The van der Waals surface area contributed by atoms with E-state index >= 15 is 0 Å². The van der Waals surface area contributed by atoms with Crippen molar-refractivity contribution in [3.63, 3.8) is 0 Å². The number of esters is 1. The van der Waals surface area contributed by atoms with Gasteiger partial charge in [0.2, 0.25) is 5.91 Å². The molecule has 1 heterocycles. The van der Waals surface area contributed by atoms with Crippen molar-refractivity contribution >= 4 is 35.2 Å². The number of ether oxygens (including phenoxy) is 2. The first-order valence-corrected chi connectivity index (χ1v) is 11.0. The highest BCUT2D eigenvalue weighted by Gasteiger charge is 2.19. The summed E-state index contributed by atoms with van der Waals surface area (Å²) in [6.45, 7) is 2.35. The third-order valence-electron chi connectivity index (χ3n) is 4.61. The molecule has 1 atom stereocenters. The molecule has 0 fully saturated rings. The number of methoxy groups -OCH3 is 1. The Hall–Kier alpha value is -3.04. The molecular formula is C22H23ClN4O4S. The largest absolute Gasteiger partial charge is 0.484 e. The monoisotopic (exact) mass is 474 g/mol. The summed E-state index contributed by atoms with van der Waals surface area (Å²) in [5, 5.41) is 11.9. The molecule has 0 aliphatic rings. The minimum Gasteiger partial charge on any atom is -0.484 e. The van der Waals surface area contributed by atoms with Gasteiger partial charge in [0.15, 0.2) is 11.0 Å². The average molecular weight is 475 g/mol. The zero-order valence-electron chi connectivity index (χ0n) is 17.9. The van der Waals surface area contributed by atoms with Crippen molar-refractivity contribution in [1.29, 1.82) is 0 Å². The van der Waals surface area contributed by atoms with Crippen molar-refractivity contribution in [2.75, 3.05) is 7.11 Å². The van der Waals surface area contributed by atoms with Crippen molar-refractivity contribution in [3.05, 3.63) is 70.5 Å². The summed E-state index contributed by atoms with van der Waals surface area (Å²) in [5.74, 6) is 0.652. The number of halogens is 1. The Morgan fingerprint density at radius 3 is 2.56 bits per heavy atom. The van der Waals surface area contributed by atoms with Gasteiger partial charge in [-0.05, 0) is 36.8 Å². The zero-order chi connectivity index (χ0) is 23.1. The van der Waals surface area contributed by atoms with E-state index in [0.717, 1.165) is 5.56 Å². The van der Waals surface area contributed by atoms with Gasteiger partial charge in [0.1, 0.15) is 12.4 Å². The quantitative estimate of drug-likeness (QED) is 0.373. The fraction of sp³-hybridized carbons (Fsp3) is 0.273. The van der Waals surface area contributed by atoms with Gasteiger partial charge in [-0.1, -0.05) is 47.6 Å². The number of hydrogen-bond acceptors (Lipinski definition) is 7. The van der Waals surface area contributed by atoms with Crippen molar-refractivity contribution in [3.8, 4) is 5.75 Å². The summed E-state index contributed by atoms with van der Waals surface area (Å²) in [7, 11) is 3.16. The third-order valence-corrected chi connectivity index (χ3v) is 6.06. The van der Waals surface area contributed by atoms with E-state index in [-0.39, 0.29) is 17.8 Å². The molecule has 2 aromatic carbocycles. The first-order valence-electron chi connectivity index (χ1n) is 9.76. The van der Waals surface area contributed by atoms with Crippen LogP contribution in [0.2, 0.25) is 5.02 Å². The standard InChI is InChI=1S/C22H23ClN4O4S/c1-14(20(28)24-12-15-8-10-16(11-9-15)21(29)30-3)32-22-26-25-19(27(22)2)13-31-18-7-5-4-6-17(18)23/h4-11,14H,12-13H2,1-3H3,(H,24,28). The predicted octanol–water partition coefficient (Wildman–Crippen LogP) is 3.63. The normalized spacial score (nSPS) is 11.6. The van der Waals surface area contributed by atoms with Gasteiger partial charge >= 0.3 is 5.97 Å². The van der Waals surface area contributed by atoms with Crippen LogP contribution >= 0.6 is 23.4 Å². The number of para-hydroxylation sites is 1. The Kier molecular flexibility index (Phi) is 8.13. The lowest BCUT2D eigenvalue weighted by Gasteiger charge is -2.12. The second kappa shape index (κ2) is 11.0. The zero-order valence-corrected chi connectivity index (χ0v) is 19.4. The van der Waals surface area contributed by atoms with Gasteiger partial charge in [-0.25, -0.2) is 4.79 Å². The molecule has 10 heteroatoms. The number of benzene rings is 2. The molecule has 3 rings (SSSR count). The molecule has 0 saturated carbocycles. The lowest BCUT2D eigenvalue weighted by molar-refractivity contribution is -0.120. The summed E-state index contributed by atoms with van der Waals surface area (Å²) in [5.41, 5.74) is 1.34. The molecule has 3 aromatic rings. The van der Waals surface area contributed by atoms with E-state index in [9.17, 15) is 9.59 Å². The maximum atomic E-state index is 12.5. The summed E-state index contributed by atoms with van der Waals surface area (Å²) in [6, 6.07) is 14.1. The molecule has 0 radical (unpaired) electrons. The molecule has 0 aliphatic heterocycles. The lowest BCUT2D eigenvalue weighted by atomic mass is 10.1. The van der Waals surface area contributed by atoms with Gasteiger partial charge < -0.3 is 19.4 Å². The number of nitrogens with one attached hydrogen (secondary N) is 1. The van der Waals surface area contributed by atoms with Crippen LogP contribution in [0.3, 0.4) is 0 Å². The van der Waals surface area contributed by atoms with E-state index in [1.807, 2.05) is 19.2 Å². The van der Waals surface area contributed by atoms with Gasteiger partial charge in [0.05, 0.1) is 22.9 Å². The molecule has 1 aromatic heterocycles. The molecule has 0 aliphatic carbocycles. The van der Waals surface area contributed by atoms with Gasteiger partial charge in [-0.2, -0.15) is 0 Å². The van der Waals surface area contributed by atoms with Gasteiger partial charge in [0.25, 0.3) is 0 Å². The van der Waals surface area contributed by atoms with Crippen molar-refractivity contribution in [2.24, 2.45) is 7.05 Å². The second-order valence-corrected chi connectivity index (χ2v) is 8.56. The van der Waals surface area contributed by atoms with E-state index in [4.69, 9.17) is 16.3 Å². The Labute approximate surface area is 195 Å². The lowest BCUT2D eigenvalue weighted by Crippen LogP contribution is -2.30. The van der Waals surface area contributed by atoms with Gasteiger partial charge in [0, 0.05) is 13.6 Å². The van der Waals surface area contributed by atoms with Crippen LogP contribution < -0.4 is 10.1 Å². The molecular weight excluding hydrogens is 452 g/mol. The number of carbonyl (C=O) groups is 2. The summed E-state index contributed by atoms with van der Waals surface area (Å²) in [6.07, 6.45) is 0. The minimum atomic E-state index is -0.397. The van der Waals surface area contributed by atoms with E-state index in [0.29, 0.717) is 33.9 Å². The van der Waals surface area contributed by atoms with E-state index in [1.165, 1.54) is 18.9 Å². The first kappa shape index (κ1) is 23.6. The molecule has 1 N–H and O–H groups in total. The summed E-state index contributed by atoms with van der Waals surface area (Å²) in [4.78, 5) is 24.0. The number of carbonyl (C=O) groups excluding carboxylic acids is 2. The van der Waals surface area contributed by atoms with Crippen LogP contribution in [0.5, 0.6) is 5.75 Å². The van der Waals surface area contributed by atoms with Crippen molar-refractivity contribution < 1.29 is 19.1 Å². The molecule has 1 unspecified atom stereocenters. The number of thioether (sulfide) groups is 1. The molecule has 168 valence electrons. The van der Waals surface area contributed by atoms with E-state index < -0.39 is 5.97 Å². The maximum Gasteiger partial charge on any atom is 0.337 e. The van der Waals surface area contributed by atoms with Crippen molar-refractivity contribution in [2.45, 2.75) is 30.5 Å². The Morgan fingerprint density at radius 2 is 1.88 bits per heavy atom. The van der Waals surface area contributed by atoms with Crippen LogP contribution in [-0.4, -0.2) is 39.0 Å². The highest BCUT2D eigenvalue weighted by Crippen LogP contribution is 2.25. The number of hydrogen-bond donors (Lipinski definition) is 1. The fourth-order valence-corrected chi connectivity index (χ4v) is 3.75. The van der Waals surface area contributed by atoms with E-state index in [2.05, 4.69) is 20.3 Å². The molecule has 0 bridgehead atoms. The smallest absolute Gasteiger partial charge is 0.337 e. The van der Waals surface area contributed by atoms with Gasteiger partial charge in [-0.3, -0.25) is 4.79 Å². The second-order valence-electron chi connectivity index (χ2n) is 6.84. The highest BCUT2D eigenvalue weighted by atomic mass is 35.5. The molecule has 8 nitrogen and oxygen atoms in total. The number of nitrogens with zero attached hydrogens (tertiary/aromatic N) is 3. The van der Waals surface area contributed by atoms with Crippen LogP contribution in [0.1, 0.15) is 28.7 Å². The van der Waals surface area contributed by atoms with Crippen LogP contribution in [-0.2, 0) is 29.7 Å². The Morgan fingerprint density at radius 1 is 1.16 bits per heavy atom. The minimum absolute atomic E-state index is 0.135. The van der Waals surface area contributed by atoms with Crippen molar-refractivity contribution in [1.82, 2.24) is 20.1 Å².